The Balaban J connectivity index is 1.89. The number of unbranched alkanes of at least 4 members (excludes halogenated alkanes) is 2. The SMILES string of the molecule is CCCCCSc1nc2c(c(=O)n(Cc3ccccc3Br)c(=O)n2C)n1Cc1ccccc1Br. The van der Waals surface area contributed by atoms with Crippen LogP contribution in [-0.4, -0.2) is 24.4 Å². The van der Waals surface area contributed by atoms with E-state index >= 15 is 0 Å². The fourth-order valence-electron chi connectivity index (χ4n) is 3.86. The largest absolute Gasteiger partial charge is 0.332 e. The van der Waals surface area contributed by atoms with Gasteiger partial charge in [0.25, 0.3) is 5.56 Å². The molecule has 0 atom stereocenters. The Hall–Kier alpha value is -2.10. The normalized spacial score (nSPS) is 11.4. The predicted octanol–water partition coefficient (Wildman–Crippen LogP) is 5.80. The summed E-state index contributed by atoms with van der Waals surface area (Å²) in [4.78, 5) is 31.7. The van der Waals surface area contributed by atoms with Crippen LogP contribution in [0.2, 0.25) is 0 Å². The van der Waals surface area contributed by atoms with Crippen molar-refractivity contribution < 1.29 is 0 Å². The second kappa shape index (κ2) is 11.1. The molecule has 0 aliphatic rings. The number of hydrogen-bond donors (Lipinski definition) is 0. The molecule has 0 aliphatic carbocycles. The summed E-state index contributed by atoms with van der Waals surface area (Å²) in [6.45, 7) is 2.84. The van der Waals surface area contributed by atoms with E-state index in [0.29, 0.717) is 17.7 Å². The van der Waals surface area contributed by atoms with E-state index in [4.69, 9.17) is 4.98 Å². The van der Waals surface area contributed by atoms with Gasteiger partial charge in [0.05, 0.1) is 13.1 Å². The number of halogens is 2. The molecule has 4 rings (SSSR count). The van der Waals surface area contributed by atoms with Crippen LogP contribution in [0.25, 0.3) is 11.2 Å². The van der Waals surface area contributed by atoms with Crippen molar-refractivity contribution in [1.82, 2.24) is 18.7 Å². The highest BCUT2D eigenvalue weighted by atomic mass is 79.9. The van der Waals surface area contributed by atoms with Crippen LogP contribution in [0.15, 0.2) is 72.2 Å². The molecule has 178 valence electrons. The van der Waals surface area contributed by atoms with E-state index in [1.807, 2.05) is 53.1 Å². The molecule has 2 aromatic carbocycles. The molecule has 34 heavy (non-hydrogen) atoms. The summed E-state index contributed by atoms with van der Waals surface area (Å²) in [6.07, 6.45) is 3.36. The minimum atomic E-state index is -0.374. The van der Waals surface area contributed by atoms with Crippen LogP contribution >= 0.6 is 43.6 Å². The smallest absolute Gasteiger partial charge is 0.309 e. The first-order valence-corrected chi connectivity index (χ1v) is 13.8. The molecule has 0 unspecified atom stereocenters. The molecule has 4 aromatic rings. The fraction of sp³-hybridized carbons (Fsp3) is 0.320. The van der Waals surface area contributed by atoms with Crippen LogP contribution < -0.4 is 11.2 Å². The average Bonchev–Trinajstić information content (AvgIpc) is 3.19. The first-order chi connectivity index (χ1) is 16.4. The Morgan fingerprint density at radius 2 is 1.47 bits per heavy atom. The van der Waals surface area contributed by atoms with E-state index in [1.165, 1.54) is 9.13 Å². The first kappa shape index (κ1) is 25.0. The molecule has 0 bridgehead atoms. The minimum absolute atomic E-state index is 0.183. The van der Waals surface area contributed by atoms with Crippen molar-refractivity contribution >= 4 is 54.8 Å². The van der Waals surface area contributed by atoms with Crippen LogP contribution in [-0.2, 0) is 20.1 Å². The zero-order valence-corrected chi connectivity index (χ0v) is 23.1. The van der Waals surface area contributed by atoms with Crippen LogP contribution in [0.4, 0.5) is 0 Å². The molecule has 2 heterocycles. The molecule has 0 N–H and O–H groups in total. The summed E-state index contributed by atoms with van der Waals surface area (Å²) in [5, 5.41) is 0.757. The summed E-state index contributed by atoms with van der Waals surface area (Å²) in [5.74, 6) is 0.909. The van der Waals surface area contributed by atoms with Crippen LogP contribution in [0.5, 0.6) is 0 Å². The third-order valence-electron chi connectivity index (χ3n) is 5.75. The quantitative estimate of drug-likeness (QED) is 0.179. The Kier molecular flexibility index (Phi) is 8.16. The van der Waals surface area contributed by atoms with E-state index in [0.717, 1.165) is 50.2 Å². The number of fused-ring (bicyclic) bond motifs is 1. The van der Waals surface area contributed by atoms with E-state index in [-0.39, 0.29) is 17.8 Å². The van der Waals surface area contributed by atoms with Crippen molar-refractivity contribution in [1.29, 1.82) is 0 Å². The van der Waals surface area contributed by atoms with Gasteiger partial charge in [-0.3, -0.25) is 13.9 Å². The molecule has 9 heteroatoms. The molecule has 2 aromatic heterocycles. The third-order valence-corrected chi connectivity index (χ3v) is 8.36. The predicted molar refractivity (Wildman–Crippen MR) is 146 cm³/mol. The summed E-state index contributed by atoms with van der Waals surface area (Å²) >= 11 is 8.80. The highest BCUT2D eigenvalue weighted by Crippen LogP contribution is 2.26. The number of aromatic nitrogens is 4. The van der Waals surface area contributed by atoms with Crippen molar-refractivity contribution in [2.75, 3.05) is 5.75 Å². The molecule has 0 fully saturated rings. The lowest BCUT2D eigenvalue weighted by molar-refractivity contribution is 0.650. The number of benzene rings is 2. The van der Waals surface area contributed by atoms with E-state index in [9.17, 15) is 9.59 Å². The van der Waals surface area contributed by atoms with Gasteiger partial charge in [0.2, 0.25) is 0 Å². The topological polar surface area (TPSA) is 61.8 Å². The molecule has 0 saturated carbocycles. The summed E-state index contributed by atoms with van der Waals surface area (Å²) in [7, 11) is 1.68. The van der Waals surface area contributed by atoms with Gasteiger partial charge < -0.3 is 4.57 Å². The Morgan fingerprint density at radius 1 is 0.882 bits per heavy atom. The lowest BCUT2D eigenvalue weighted by atomic mass is 10.2. The maximum Gasteiger partial charge on any atom is 0.332 e. The molecule has 0 spiro atoms. The van der Waals surface area contributed by atoms with Crippen LogP contribution in [0.1, 0.15) is 37.3 Å². The molecule has 0 aliphatic heterocycles. The van der Waals surface area contributed by atoms with Crippen LogP contribution in [0, 0.1) is 0 Å². The van der Waals surface area contributed by atoms with E-state index in [2.05, 4.69) is 38.8 Å². The summed E-state index contributed by atoms with van der Waals surface area (Å²) < 4.78 is 6.58. The van der Waals surface area contributed by atoms with Crippen molar-refractivity contribution in [3.8, 4) is 0 Å². The zero-order valence-electron chi connectivity index (χ0n) is 19.1. The number of imidazole rings is 1. The van der Waals surface area contributed by atoms with Gasteiger partial charge in [-0.1, -0.05) is 99.8 Å². The van der Waals surface area contributed by atoms with Crippen molar-refractivity contribution in [2.24, 2.45) is 7.05 Å². The van der Waals surface area contributed by atoms with Gasteiger partial charge in [-0.15, -0.1) is 0 Å². The standard InChI is InChI=1S/C25H26Br2N4O2S/c1-3-4-9-14-34-24-28-22-21(30(24)15-17-10-5-7-12-19(17)26)23(32)31(25(33)29(22)2)16-18-11-6-8-13-20(18)27/h5-8,10-13H,3-4,9,14-16H2,1-2H3. The number of hydrogen-bond acceptors (Lipinski definition) is 4. The van der Waals surface area contributed by atoms with Gasteiger partial charge in [-0.2, -0.15) is 0 Å². The maximum atomic E-state index is 13.8. The molecule has 0 radical (unpaired) electrons. The lowest BCUT2D eigenvalue weighted by Crippen LogP contribution is -2.40. The van der Waals surface area contributed by atoms with Crippen molar-refractivity contribution in [3.63, 3.8) is 0 Å². The monoisotopic (exact) mass is 604 g/mol. The van der Waals surface area contributed by atoms with Gasteiger partial charge >= 0.3 is 5.69 Å². The third kappa shape index (κ3) is 5.11. The first-order valence-electron chi connectivity index (χ1n) is 11.2. The molecule has 6 nitrogen and oxygen atoms in total. The maximum absolute atomic E-state index is 13.8. The van der Waals surface area contributed by atoms with Crippen molar-refractivity contribution in [3.05, 3.63) is 89.4 Å². The summed E-state index contributed by atoms with van der Waals surface area (Å²) in [6, 6.07) is 15.6. The van der Waals surface area contributed by atoms with Crippen LogP contribution in [0.3, 0.4) is 0 Å². The Morgan fingerprint density at radius 3 is 2.06 bits per heavy atom. The lowest BCUT2D eigenvalue weighted by Gasteiger charge is -2.12. The number of rotatable bonds is 9. The molecular weight excluding hydrogens is 580 g/mol. The van der Waals surface area contributed by atoms with E-state index < -0.39 is 0 Å². The van der Waals surface area contributed by atoms with Crippen molar-refractivity contribution in [2.45, 2.75) is 44.4 Å². The van der Waals surface area contributed by atoms with Gasteiger partial charge in [0, 0.05) is 21.7 Å². The zero-order chi connectivity index (χ0) is 24.2. The van der Waals surface area contributed by atoms with Gasteiger partial charge in [-0.25, -0.2) is 9.78 Å². The summed E-state index contributed by atoms with van der Waals surface area (Å²) in [5.41, 5.74) is 2.08. The number of thioether (sulfide) groups is 1. The molecule has 0 amide bonds. The number of nitrogens with zero attached hydrogens (tertiary/aromatic N) is 4. The molecule has 0 saturated heterocycles. The minimum Gasteiger partial charge on any atom is -0.309 e. The van der Waals surface area contributed by atoms with E-state index in [1.54, 1.807) is 18.8 Å². The molecular formula is C25H26Br2N4O2S. The average molecular weight is 606 g/mol. The number of aryl methyl sites for hydroxylation is 1. The fourth-order valence-corrected chi connectivity index (χ4v) is 5.67. The Bertz CT molecular complexity index is 1440. The van der Waals surface area contributed by atoms with Gasteiger partial charge in [-0.05, 0) is 29.7 Å². The van der Waals surface area contributed by atoms with Gasteiger partial charge in [0.1, 0.15) is 0 Å². The Labute approximate surface area is 219 Å². The highest BCUT2D eigenvalue weighted by molar-refractivity contribution is 9.10. The highest BCUT2D eigenvalue weighted by Gasteiger charge is 2.21. The second-order valence-electron chi connectivity index (χ2n) is 8.12. The second-order valence-corrected chi connectivity index (χ2v) is 10.9. The van der Waals surface area contributed by atoms with Gasteiger partial charge in [0.15, 0.2) is 16.3 Å².